The van der Waals surface area contributed by atoms with Gasteiger partial charge < -0.3 is 19.9 Å². The molecule has 1 aliphatic heterocycles. The van der Waals surface area contributed by atoms with Crippen molar-refractivity contribution in [1.82, 2.24) is 15.2 Å². The number of nitrogens with zero attached hydrogens (tertiary/aromatic N) is 1. The third-order valence-electron chi connectivity index (χ3n) is 3.45. The number of rotatable bonds is 6. The number of ether oxygens (including phenoxy) is 1. The van der Waals surface area contributed by atoms with Gasteiger partial charge in [0.05, 0.1) is 6.61 Å². The lowest BCUT2D eigenvalue weighted by Crippen LogP contribution is -2.33. The second-order valence-electron chi connectivity index (χ2n) is 4.73. The summed E-state index contributed by atoms with van der Waals surface area (Å²) >= 11 is 0. The molecule has 1 aromatic heterocycles. The van der Waals surface area contributed by atoms with Gasteiger partial charge in [0.2, 0.25) is 0 Å². The van der Waals surface area contributed by atoms with E-state index in [0.29, 0.717) is 25.8 Å². The molecular formula is C14H23N3O2. The van der Waals surface area contributed by atoms with Gasteiger partial charge in [0.1, 0.15) is 5.69 Å². The molecule has 0 spiro atoms. The van der Waals surface area contributed by atoms with Crippen LogP contribution in [0, 0.1) is 0 Å². The van der Waals surface area contributed by atoms with Crippen molar-refractivity contribution in [3.63, 3.8) is 0 Å². The molecule has 1 aromatic rings. The Hall–Kier alpha value is -1.33. The second-order valence-corrected chi connectivity index (χ2v) is 4.73. The molecule has 0 bridgehead atoms. The fourth-order valence-electron chi connectivity index (χ4n) is 2.46. The van der Waals surface area contributed by atoms with Crippen molar-refractivity contribution in [2.24, 2.45) is 0 Å². The summed E-state index contributed by atoms with van der Waals surface area (Å²) in [5, 5.41) is 6.24. The van der Waals surface area contributed by atoms with Gasteiger partial charge in [0.15, 0.2) is 0 Å². The van der Waals surface area contributed by atoms with Crippen LogP contribution in [0.2, 0.25) is 0 Å². The predicted molar refractivity (Wildman–Crippen MR) is 74.4 cm³/mol. The van der Waals surface area contributed by atoms with Crippen molar-refractivity contribution < 1.29 is 9.53 Å². The molecule has 1 fully saturated rings. The van der Waals surface area contributed by atoms with Gasteiger partial charge in [-0.25, -0.2) is 0 Å². The van der Waals surface area contributed by atoms with E-state index in [1.54, 1.807) is 0 Å². The van der Waals surface area contributed by atoms with Crippen LogP contribution >= 0.6 is 0 Å². The molecule has 0 atom stereocenters. The van der Waals surface area contributed by atoms with Crippen LogP contribution < -0.4 is 10.6 Å². The number of hydrogen-bond donors (Lipinski definition) is 2. The zero-order valence-electron chi connectivity index (χ0n) is 11.5. The van der Waals surface area contributed by atoms with Crippen LogP contribution in [-0.4, -0.2) is 43.3 Å². The first-order valence-corrected chi connectivity index (χ1v) is 7.06. The standard InChI is InChI=1S/C14H23N3O2/c1-2-19-11-9-16-14(18)13-4-3-10-17(13)12-5-7-15-8-6-12/h3-4,10,12,15H,2,5-9,11H2,1H3,(H,16,18). The van der Waals surface area contributed by atoms with E-state index in [9.17, 15) is 4.79 Å². The zero-order valence-corrected chi connectivity index (χ0v) is 11.5. The van der Waals surface area contributed by atoms with Crippen LogP contribution in [0.3, 0.4) is 0 Å². The average molecular weight is 265 g/mol. The summed E-state index contributed by atoms with van der Waals surface area (Å²) in [6.07, 6.45) is 4.16. The Morgan fingerprint density at radius 3 is 3.05 bits per heavy atom. The summed E-state index contributed by atoms with van der Waals surface area (Å²) in [6, 6.07) is 4.27. The van der Waals surface area contributed by atoms with Crippen molar-refractivity contribution in [3.8, 4) is 0 Å². The minimum atomic E-state index is -0.0109. The summed E-state index contributed by atoms with van der Waals surface area (Å²) in [5.41, 5.74) is 0.753. The SMILES string of the molecule is CCOCCNC(=O)c1cccn1C1CCNCC1. The Kier molecular flexibility index (Phi) is 5.42. The fraction of sp³-hybridized carbons (Fsp3) is 0.643. The Balaban J connectivity index is 1.92. The topological polar surface area (TPSA) is 55.3 Å². The lowest BCUT2D eigenvalue weighted by molar-refractivity contribution is 0.0910. The highest BCUT2D eigenvalue weighted by Crippen LogP contribution is 2.21. The summed E-state index contributed by atoms with van der Waals surface area (Å²) in [6.45, 7) is 5.80. The molecule has 0 aromatic carbocycles. The number of carbonyl (C=O) groups is 1. The Labute approximate surface area is 114 Å². The molecule has 5 nitrogen and oxygen atoms in total. The number of hydrogen-bond acceptors (Lipinski definition) is 3. The third kappa shape index (κ3) is 3.81. The molecule has 1 aliphatic rings. The molecule has 106 valence electrons. The summed E-state index contributed by atoms with van der Waals surface area (Å²) < 4.78 is 7.33. The molecule has 2 N–H and O–H groups in total. The Bertz CT molecular complexity index is 397. The predicted octanol–water partition coefficient (Wildman–Crippen LogP) is 1.18. The quantitative estimate of drug-likeness (QED) is 0.759. The molecule has 1 amide bonds. The number of nitrogens with one attached hydrogen (secondary N) is 2. The van der Waals surface area contributed by atoms with Crippen molar-refractivity contribution in [3.05, 3.63) is 24.0 Å². The number of aromatic nitrogens is 1. The molecule has 19 heavy (non-hydrogen) atoms. The molecule has 5 heteroatoms. The van der Waals surface area contributed by atoms with E-state index in [0.717, 1.165) is 31.6 Å². The van der Waals surface area contributed by atoms with Gasteiger partial charge in [-0.05, 0) is 45.0 Å². The maximum atomic E-state index is 12.1. The van der Waals surface area contributed by atoms with E-state index in [4.69, 9.17) is 4.74 Å². The highest BCUT2D eigenvalue weighted by Gasteiger charge is 2.19. The first-order chi connectivity index (χ1) is 9.33. The van der Waals surface area contributed by atoms with Gasteiger partial charge >= 0.3 is 0 Å². The molecule has 0 radical (unpaired) electrons. The average Bonchev–Trinajstić information content (AvgIpc) is 2.94. The Morgan fingerprint density at radius 2 is 2.32 bits per heavy atom. The third-order valence-corrected chi connectivity index (χ3v) is 3.45. The van der Waals surface area contributed by atoms with Gasteiger partial charge in [-0.2, -0.15) is 0 Å². The first kappa shape index (κ1) is 14.1. The minimum absolute atomic E-state index is 0.0109. The molecule has 0 saturated carbocycles. The summed E-state index contributed by atoms with van der Waals surface area (Å²) in [7, 11) is 0. The molecular weight excluding hydrogens is 242 g/mol. The maximum Gasteiger partial charge on any atom is 0.267 e. The van der Waals surface area contributed by atoms with Crippen LogP contribution in [-0.2, 0) is 4.74 Å². The van der Waals surface area contributed by atoms with Crippen molar-refractivity contribution in [2.45, 2.75) is 25.8 Å². The van der Waals surface area contributed by atoms with Gasteiger partial charge in [-0.1, -0.05) is 0 Å². The minimum Gasteiger partial charge on any atom is -0.380 e. The van der Waals surface area contributed by atoms with Crippen molar-refractivity contribution in [2.75, 3.05) is 32.8 Å². The maximum absolute atomic E-state index is 12.1. The smallest absolute Gasteiger partial charge is 0.267 e. The molecule has 2 rings (SSSR count). The van der Waals surface area contributed by atoms with Crippen LogP contribution in [0.25, 0.3) is 0 Å². The monoisotopic (exact) mass is 265 g/mol. The summed E-state index contributed by atoms with van der Waals surface area (Å²) in [4.78, 5) is 12.1. The first-order valence-electron chi connectivity index (χ1n) is 7.06. The van der Waals surface area contributed by atoms with Gasteiger partial charge in [0.25, 0.3) is 5.91 Å². The van der Waals surface area contributed by atoms with Gasteiger partial charge in [-0.3, -0.25) is 4.79 Å². The fourth-order valence-corrected chi connectivity index (χ4v) is 2.46. The van der Waals surface area contributed by atoms with Gasteiger partial charge in [0, 0.05) is 25.4 Å². The number of carbonyl (C=O) groups excluding carboxylic acids is 1. The van der Waals surface area contributed by atoms with E-state index < -0.39 is 0 Å². The molecule has 2 heterocycles. The van der Waals surface area contributed by atoms with E-state index in [-0.39, 0.29) is 5.91 Å². The molecule has 0 unspecified atom stereocenters. The van der Waals surface area contributed by atoms with E-state index in [1.165, 1.54) is 0 Å². The summed E-state index contributed by atoms with van der Waals surface area (Å²) in [5.74, 6) is -0.0109. The highest BCUT2D eigenvalue weighted by molar-refractivity contribution is 5.92. The lowest BCUT2D eigenvalue weighted by Gasteiger charge is -2.25. The normalized spacial score (nSPS) is 16.5. The van der Waals surface area contributed by atoms with Crippen LogP contribution in [0.1, 0.15) is 36.3 Å². The zero-order chi connectivity index (χ0) is 13.5. The van der Waals surface area contributed by atoms with Crippen LogP contribution in [0.4, 0.5) is 0 Å². The van der Waals surface area contributed by atoms with Crippen LogP contribution in [0.5, 0.6) is 0 Å². The van der Waals surface area contributed by atoms with Crippen molar-refractivity contribution >= 4 is 5.91 Å². The Morgan fingerprint density at radius 1 is 1.53 bits per heavy atom. The lowest BCUT2D eigenvalue weighted by atomic mass is 10.1. The van der Waals surface area contributed by atoms with E-state index in [1.807, 2.05) is 25.3 Å². The van der Waals surface area contributed by atoms with E-state index in [2.05, 4.69) is 15.2 Å². The molecule has 1 saturated heterocycles. The highest BCUT2D eigenvalue weighted by atomic mass is 16.5. The second kappa shape index (κ2) is 7.31. The largest absolute Gasteiger partial charge is 0.380 e. The van der Waals surface area contributed by atoms with E-state index >= 15 is 0 Å². The number of amides is 1. The van der Waals surface area contributed by atoms with Crippen LogP contribution in [0.15, 0.2) is 18.3 Å². The molecule has 0 aliphatic carbocycles. The van der Waals surface area contributed by atoms with Crippen molar-refractivity contribution in [1.29, 1.82) is 0 Å². The van der Waals surface area contributed by atoms with Gasteiger partial charge in [-0.15, -0.1) is 0 Å². The number of piperidine rings is 1.